The lowest BCUT2D eigenvalue weighted by molar-refractivity contribution is 0.681. The van der Waals surface area contributed by atoms with Crippen molar-refractivity contribution in [1.82, 2.24) is 9.78 Å². The molecule has 0 radical (unpaired) electrons. The van der Waals surface area contributed by atoms with Gasteiger partial charge < -0.3 is 5.73 Å². The Morgan fingerprint density at radius 2 is 2.31 bits per heavy atom. The number of nitrogens with zero attached hydrogens (tertiary/aromatic N) is 2. The highest BCUT2D eigenvalue weighted by Gasteiger charge is 2.08. The van der Waals surface area contributed by atoms with Crippen molar-refractivity contribution >= 4 is 0 Å². The Balaban J connectivity index is 2.80. The first-order chi connectivity index (χ1) is 6.15. The van der Waals surface area contributed by atoms with E-state index in [2.05, 4.69) is 12.0 Å². The first-order valence-electron chi connectivity index (χ1n) is 4.90. The van der Waals surface area contributed by atoms with E-state index < -0.39 is 0 Å². The topological polar surface area (TPSA) is 43.8 Å². The minimum Gasteiger partial charge on any atom is -0.328 e. The summed E-state index contributed by atoms with van der Waals surface area (Å²) in [4.78, 5) is 0. The normalized spacial score (nSPS) is 13.2. The van der Waals surface area contributed by atoms with E-state index >= 15 is 0 Å². The molecule has 0 spiro atoms. The SMILES string of the molecule is CCCc1c(CC(C)N)cnn1C. The molecule has 13 heavy (non-hydrogen) atoms. The van der Waals surface area contributed by atoms with Crippen molar-refractivity contribution in [2.75, 3.05) is 0 Å². The zero-order valence-electron chi connectivity index (χ0n) is 8.75. The highest BCUT2D eigenvalue weighted by Crippen LogP contribution is 2.11. The van der Waals surface area contributed by atoms with Gasteiger partial charge in [0, 0.05) is 18.8 Å². The van der Waals surface area contributed by atoms with Crippen LogP contribution < -0.4 is 5.73 Å². The standard InChI is InChI=1S/C10H19N3/c1-4-5-10-9(6-8(2)11)7-12-13(10)3/h7-8H,4-6,11H2,1-3H3. The van der Waals surface area contributed by atoms with Gasteiger partial charge >= 0.3 is 0 Å². The number of aryl methyl sites for hydroxylation is 1. The van der Waals surface area contributed by atoms with Gasteiger partial charge in [-0.25, -0.2) is 0 Å². The maximum atomic E-state index is 5.76. The number of aromatic nitrogens is 2. The van der Waals surface area contributed by atoms with Gasteiger partial charge in [-0.1, -0.05) is 13.3 Å². The fraction of sp³-hybridized carbons (Fsp3) is 0.700. The van der Waals surface area contributed by atoms with E-state index in [-0.39, 0.29) is 6.04 Å². The van der Waals surface area contributed by atoms with E-state index in [0.717, 1.165) is 19.3 Å². The first kappa shape index (κ1) is 10.3. The molecule has 1 rings (SSSR count). The summed E-state index contributed by atoms with van der Waals surface area (Å²) < 4.78 is 1.96. The van der Waals surface area contributed by atoms with Crippen molar-refractivity contribution in [2.24, 2.45) is 12.8 Å². The largest absolute Gasteiger partial charge is 0.328 e. The van der Waals surface area contributed by atoms with Crippen molar-refractivity contribution < 1.29 is 0 Å². The first-order valence-corrected chi connectivity index (χ1v) is 4.90. The molecular formula is C10H19N3. The summed E-state index contributed by atoms with van der Waals surface area (Å²) in [5.74, 6) is 0. The Morgan fingerprint density at radius 3 is 2.85 bits per heavy atom. The molecule has 2 N–H and O–H groups in total. The fourth-order valence-electron chi connectivity index (χ4n) is 1.58. The molecule has 0 bridgehead atoms. The van der Waals surface area contributed by atoms with Crippen LogP contribution in [0.25, 0.3) is 0 Å². The third-order valence-electron chi connectivity index (χ3n) is 2.18. The summed E-state index contributed by atoms with van der Waals surface area (Å²) in [5, 5.41) is 4.25. The van der Waals surface area contributed by atoms with Crippen LogP contribution in [0.1, 0.15) is 31.5 Å². The van der Waals surface area contributed by atoms with Crippen molar-refractivity contribution in [3.05, 3.63) is 17.5 Å². The van der Waals surface area contributed by atoms with Gasteiger partial charge in [-0.2, -0.15) is 5.10 Å². The van der Waals surface area contributed by atoms with Gasteiger partial charge in [-0.05, 0) is 25.3 Å². The van der Waals surface area contributed by atoms with Crippen molar-refractivity contribution in [1.29, 1.82) is 0 Å². The summed E-state index contributed by atoms with van der Waals surface area (Å²) in [6.07, 6.45) is 5.13. The monoisotopic (exact) mass is 181 g/mol. The van der Waals surface area contributed by atoms with Crippen LogP contribution in [0.15, 0.2) is 6.20 Å². The van der Waals surface area contributed by atoms with Gasteiger partial charge in [-0.15, -0.1) is 0 Å². The molecule has 1 atom stereocenters. The maximum absolute atomic E-state index is 5.76. The van der Waals surface area contributed by atoms with Gasteiger partial charge in [0.05, 0.1) is 6.20 Å². The van der Waals surface area contributed by atoms with Crippen molar-refractivity contribution in [3.8, 4) is 0 Å². The van der Waals surface area contributed by atoms with E-state index in [1.807, 2.05) is 24.9 Å². The van der Waals surface area contributed by atoms with Gasteiger partial charge in [0.25, 0.3) is 0 Å². The van der Waals surface area contributed by atoms with Crippen molar-refractivity contribution in [3.63, 3.8) is 0 Å². The number of hydrogen-bond acceptors (Lipinski definition) is 2. The maximum Gasteiger partial charge on any atom is 0.0525 e. The van der Waals surface area contributed by atoms with Crippen LogP contribution >= 0.6 is 0 Å². The second-order valence-electron chi connectivity index (χ2n) is 3.67. The molecule has 0 aliphatic carbocycles. The molecule has 0 aromatic carbocycles. The third-order valence-corrected chi connectivity index (χ3v) is 2.18. The third kappa shape index (κ3) is 2.56. The summed E-state index contributed by atoms with van der Waals surface area (Å²) in [7, 11) is 2.00. The van der Waals surface area contributed by atoms with E-state index in [9.17, 15) is 0 Å². The smallest absolute Gasteiger partial charge is 0.0525 e. The van der Waals surface area contributed by atoms with Crippen LogP contribution in [0.2, 0.25) is 0 Å². The second-order valence-corrected chi connectivity index (χ2v) is 3.67. The molecule has 3 heteroatoms. The minimum atomic E-state index is 0.222. The molecule has 0 amide bonds. The Kier molecular flexibility index (Phi) is 3.48. The summed E-state index contributed by atoms with van der Waals surface area (Å²) >= 11 is 0. The summed E-state index contributed by atoms with van der Waals surface area (Å²) in [6.45, 7) is 4.21. The molecule has 0 fully saturated rings. The number of nitrogens with two attached hydrogens (primary N) is 1. The summed E-state index contributed by atoms with van der Waals surface area (Å²) in [5.41, 5.74) is 8.40. The Hall–Kier alpha value is -0.830. The minimum absolute atomic E-state index is 0.222. The zero-order valence-corrected chi connectivity index (χ0v) is 8.75. The van der Waals surface area contributed by atoms with E-state index in [0.29, 0.717) is 0 Å². The number of hydrogen-bond donors (Lipinski definition) is 1. The predicted molar refractivity (Wildman–Crippen MR) is 54.6 cm³/mol. The molecule has 0 saturated carbocycles. The lowest BCUT2D eigenvalue weighted by Crippen LogP contribution is -2.18. The van der Waals surface area contributed by atoms with Gasteiger partial charge in [0.2, 0.25) is 0 Å². The van der Waals surface area contributed by atoms with E-state index in [1.165, 1.54) is 11.3 Å². The van der Waals surface area contributed by atoms with Crippen LogP contribution in [-0.4, -0.2) is 15.8 Å². The molecule has 1 unspecified atom stereocenters. The highest BCUT2D eigenvalue weighted by atomic mass is 15.3. The molecule has 1 heterocycles. The molecule has 1 aromatic rings. The molecule has 0 saturated heterocycles. The Morgan fingerprint density at radius 1 is 1.62 bits per heavy atom. The molecule has 74 valence electrons. The van der Waals surface area contributed by atoms with Crippen LogP contribution in [0, 0.1) is 0 Å². The quantitative estimate of drug-likeness (QED) is 0.760. The van der Waals surface area contributed by atoms with Crippen LogP contribution in [-0.2, 0) is 19.9 Å². The molecule has 0 aliphatic heterocycles. The Bertz CT molecular complexity index is 263. The second kappa shape index (κ2) is 4.42. The zero-order chi connectivity index (χ0) is 9.84. The lowest BCUT2D eigenvalue weighted by Gasteiger charge is -2.06. The van der Waals surface area contributed by atoms with E-state index in [4.69, 9.17) is 5.73 Å². The molecule has 3 nitrogen and oxygen atoms in total. The molecule has 0 aliphatic rings. The average molecular weight is 181 g/mol. The predicted octanol–water partition coefficient (Wildman–Crippen LogP) is 1.26. The van der Waals surface area contributed by atoms with Crippen molar-refractivity contribution in [2.45, 2.75) is 39.2 Å². The average Bonchev–Trinajstić information content (AvgIpc) is 2.35. The van der Waals surface area contributed by atoms with Crippen LogP contribution in [0.4, 0.5) is 0 Å². The van der Waals surface area contributed by atoms with E-state index in [1.54, 1.807) is 0 Å². The van der Waals surface area contributed by atoms with Gasteiger partial charge in [-0.3, -0.25) is 4.68 Å². The molecule has 1 aromatic heterocycles. The molecular weight excluding hydrogens is 162 g/mol. The fourth-order valence-corrected chi connectivity index (χ4v) is 1.58. The van der Waals surface area contributed by atoms with Crippen LogP contribution in [0.5, 0.6) is 0 Å². The number of rotatable bonds is 4. The van der Waals surface area contributed by atoms with Crippen LogP contribution in [0.3, 0.4) is 0 Å². The van der Waals surface area contributed by atoms with Gasteiger partial charge in [0.15, 0.2) is 0 Å². The highest BCUT2D eigenvalue weighted by molar-refractivity contribution is 5.18. The lowest BCUT2D eigenvalue weighted by atomic mass is 10.1. The summed E-state index contributed by atoms with van der Waals surface area (Å²) in [6, 6.07) is 0.222. The van der Waals surface area contributed by atoms with Gasteiger partial charge in [0.1, 0.15) is 0 Å². The Labute approximate surface area is 79.9 Å².